The first-order chi connectivity index (χ1) is 18.8. The first-order valence-corrected chi connectivity index (χ1v) is 12.0. The molecule has 10 heteroatoms. The molecule has 2 aromatic carbocycles. The fourth-order valence-electron chi connectivity index (χ4n) is 4.11. The van der Waals surface area contributed by atoms with Crippen LogP contribution in [0.1, 0.15) is 21.7 Å². The highest BCUT2D eigenvalue weighted by Gasteiger charge is 2.20. The Labute approximate surface area is 224 Å². The van der Waals surface area contributed by atoms with Crippen molar-refractivity contribution in [3.63, 3.8) is 0 Å². The van der Waals surface area contributed by atoms with Crippen LogP contribution in [0.15, 0.2) is 77.4 Å². The average molecular weight is 529 g/mol. The molecular weight excluding hydrogens is 500 g/mol. The molecule has 0 spiro atoms. The number of aryl methyl sites for hydroxylation is 1. The lowest BCUT2D eigenvalue weighted by Gasteiger charge is -2.14. The highest BCUT2D eigenvalue weighted by atomic mass is 16.6. The largest absolute Gasteiger partial charge is 0.493 e. The van der Waals surface area contributed by atoms with Gasteiger partial charge in [-0.2, -0.15) is 0 Å². The quantitative estimate of drug-likeness (QED) is 0.176. The van der Waals surface area contributed by atoms with Crippen molar-refractivity contribution in [1.29, 1.82) is 0 Å². The highest BCUT2D eigenvalue weighted by molar-refractivity contribution is 5.92. The predicted octanol–water partition coefficient (Wildman–Crippen LogP) is 3.68. The number of allylic oxidation sites excluding steroid dienone is 2. The number of imidazole rings is 1. The molecule has 0 unspecified atom stereocenters. The van der Waals surface area contributed by atoms with Crippen molar-refractivity contribution in [2.75, 3.05) is 14.2 Å². The number of carbonyl (C=O) groups is 1. The van der Waals surface area contributed by atoms with Gasteiger partial charge in [-0.05, 0) is 35.9 Å². The molecule has 4 rings (SSSR count). The van der Waals surface area contributed by atoms with Crippen molar-refractivity contribution in [1.82, 2.24) is 18.7 Å². The summed E-state index contributed by atoms with van der Waals surface area (Å²) < 4.78 is 20.7. The molecule has 39 heavy (non-hydrogen) atoms. The minimum atomic E-state index is -0.553. The van der Waals surface area contributed by atoms with E-state index in [-0.39, 0.29) is 41.5 Å². The van der Waals surface area contributed by atoms with Gasteiger partial charge in [-0.15, -0.1) is 13.2 Å². The minimum absolute atomic E-state index is 0.0713. The Morgan fingerprint density at radius 3 is 2.15 bits per heavy atom. The van der Waals surface area contributed by atoms with Gasteiger partial charge in [0.1, 0.15) is 5.82 Å². The van der Waals surface area contributed by atoms with Crippen molar-refractivity contribution >= 4 is 29.3 Å². The van der Waals surface area contributed by atoms with Crippen molar-refractivity contribution in [3.05, 3.63) is 106 Å². The molecule has 0 N–H and O–H groups in total. The van der Waals surface area contributed by atoms with Crippen LogP contribution in [0.5, 0.6) is 17.2 Å². The smallest absolute Gasteiger partial charge is 0.343 e. The van der Waals surface area contributed by atoms with Gasteiger partial charge in [0.15, 0.2) is 22.7 Å². The van der Waals surface area contributed by atoms with Crippen LogP contribution in [0, 0.1) is 0 Å². The maximum absolute atomic E-state index is 13.1. The zero-order valence-corrected chi connectivity index (χ0v) is 21.9. The molecule has 0 radical (unpaired) electrons. The molecule has 0 amide bonds. The number of rotatable bonds is 10. The van der Waals surface area contributed by atoms with E-state index in [4.69, 9.17) is 14.2 Å². The summed E-state index contributed by atoms with van der Waals surface area (Å²) in [6.45, 7) is 7.61. The highest BCUT2D eigenvalue weighted by Crippen LogP contribution is 2.39. The van der Waals surface area contributed by atoms with E-state index in [0.717, 1.165) is 4.57 Å². The number of benzene rings is 2. The van der Waals surface area contributed by atoms with E-state index < -0.39 is 17.2 Å². The molecule has 0 fully saturated rings. The summed E-state index contributed by atoms with van der Waals surface area (Å²) in [6.07, 6.45) is 6.50. The monoisotopic (exact) mass is 528 g/mol. The Morgan fingerprint density at radius 1 is 0.949 bits per heavy atom. The number of fused-ring (bicyclic) bond motifs is 1. The fourth-order valence-corrected chi connectivity index (χ4v) is 4.11. The van der Waals surface area contributed by atoms with Gasteiger partial charge >= 0.3 is 11.7 Å². The topological polar surface area (TPSA) is 107 Å². The second-order valence-electron chi connectivity index (χ2n) is 8.43. The molecule has 0 aliphatic carbocycles. The summed E-state index contributed by atoms with van der Waals surface area (Å²) >= 11 is 0. The number of esters is 1. The van der Waals surface area contributed by atoms with E-state index >= 15 is 0 Å². The van der Waals surface area contributed by atoms with E-state index in [1.807, 2.05) is 0 Å². The summed E-state index contributed by atoms with van der Waals surface area (Å²) in [5.41, 5.74) is 0.619. The molecule has 0 aliphatic heterocycles. The van der Waals surface area contributed by atoms with Crippen LogP contribution in [0.2, 0.25) is 0 Å². The van der Waals surface area contributed by atoms with E-state index in [9.17, 15) is 14.4 Å². The van der Waals surface area contributed by atoms with Crippen LogP contribution < -0.4 is 25.5 Å². The van der Waals surface area contributed by atoms with Gasteiger partial charge in [-0.1, -0.05) is 36.4 Å². The third-order valence-corrected chi connectivity index (χ3v) is 6.01. The molecule has 0 atom stereocenters. The van der Waals surface area contributed by atoms with Crippen LogP contribution in [0.4, 0.5) is 0 Å². The van der Waals surface area contributed by atoms with Crippen LogP contribution >= 0.6 is 0 Å². The molecule has 2 aromatic heterocycles. The van der Waals surface area contributed by atoms with Crippen LogP contribution in [0.3, 0.4) is 0 Å². The molecule has 2 heterocycles. The molecule has 10 nitrogen and oxygen atoms in total. The van der Waals surface area contributed by atoms with Gasteiger partial charge in [0.25, 0.3) is 5.56 Å². The van der Waals surface area contributed by atoms with E-state index in [1.165, 1.54) is 24.9 Å². The van der Waals surface area contributed by atoms with Gasteiger partial charge in [-0.25, -0.2) is 14.6 Å². The summed E-state index contributed by atoms with van der Waals surface area (Å²) in [5, 5.41) is 0. The lowest BCUT2D eigenvalue weighted by atomic mass is 10.1. The third-order valence-electron chi connectivity index (χ3n) is 6.01. The van der Waals surface area contributed by atoms with E-state index in [2.05, 4.69) is 18.1 Å². The Hall–Kier alpha value is -5.12. The number of aromatic nitrogens is 4. The second-order valence-corrected chi connectivity index (χ2v) is 8.43. The first kappa shape index (κ1) is 26.9. The maximum Gasteiger partial charge on any atom is 0.343 e. The summed E-state index contributed by atoms with van der Waals surface area (Å²) in [4.78, 5) is 43.2. The van der Waals surface area contributed by atoms with Crippen LogP contribution in [0.25, 0.3) is 23.3 Å². The summed E-state index contributed by atoms with van der Waals surface area (Å²) in [6, 6.07) is 11.9. The Balaban J connectivity index is 1.76. The fraction of sp³-hybridized carbons (Fsp3) is 0.172. The number of methoxy groups -OCH3 is 2. The molecule has 0 aliphatic rings. The van der Waals surface area contributed by atoms with Crippen LogP contribution in [-0.4, -0.2) is 38.9 Å². The molecule has 0 bridgehead atoms. The molecular formula is C29H28N4O6. The Bertz CT molecular complexity index is 1680. The second kappa shape index (κ2) is 11.5. The van der Waals surface area contributed by atoms with E-state index in [0.29, 0.717) is 17.0 Å². The lowest BCUT2D eigenvalue weighted by molar-refractivity contribution is 0.0724. The average Bonchev–Trinajstić information content (AvgIpc) is 3.28. The van der Waals surface area contributed by atoms with Gasteiger partial charge in [0.2, 0.25) is 5.75 Å². The van der Waals surface area contributed by atoms with Crippen molar-refractivity contribution < 1.29 is 19.0 Å². The molecule has 200 valence electrons. The predicted molar refractivity (Wildman–Crippen MR) is 150 cm³/mol. The van der Waals surface area contributed by atoms with Gasteiger partial charge in [0, 0.05) is 20.1 Å². The molecule has 0 saturated heterocycles. The standard InChI is InChI=1S/C29H28N4O6/c1-6-15-32-26-24(27(34)33(16-7-2)29(32)36)31(3)23(30-26)14-13-19-17-21(37-4)25(22(18-19)38-5)39-28(35)20-11-9-8-10-12-20/h6-14,17-18H,1-2,15-16H2,3-5H3/b14-13+. The lowest BCUT2D eigenvalue weighted by Crippen LogP contribution is -2.40. The molecule has 0 saturated carbocycles. The Kier molecular flexibility index (Phi) is 7.95. The van der Waals surface area contributed by atoms with Crippen molar-refractivity contribution in [3.8, 4) is 17.2 Å². The van der Waals surface area contributed by atoms with Gasteiger partial charge in [-0.3, -0.25) is 13.9 Å². The number of hydrogen-bond donors (Lipinski definition) is 0. The number of carbonyl (C=O) groups excluding carboxylic acids is 1. The SMILES string of the molecule is C=CCn1c(=O)c2c(nc(/C=C/c3cc(OC)c(OC(=O)c4ccccc4)c(OC)c3)n2C)n(CC=C)c1=O. The maximum atomic E-state index is 13.1. The van der Waals surface area contributed by atoms with E-state index in [1.54, 1.807) is 72.3 Å². The van der Waals surface area contributed by atoms with Crippen molar-refractivity contribution in [2.45, 2.75) is 13.1 Å². The number of nitrogens with zero attached hydrogens (tertiary/aromatic N) is 4. The number of ether oxygens (including phenoxy) is 3. The third kappa shape index (κ3) is 5.17. The first-order valence-electron chi connectivity index (χ1n) is 12.0. The zero-order valence-electron chi connectivity index (χ0n) is 21.9. The van der Waals surface area contributed by atoms with Crippen LogP contribution in [-0.2, 0) is 20.1 Å². The zero-order chi connectivity index (χ0) is 28.1. The summed E-state index contributed by atoms with van der Waals surface area (Å²) in [7, 11) is 4.62. The number of hydrogen-bond acceptors (Lipinski definition) is 7. The normalized spacial score (nSPS) is 11.1. The summed E-state index contributed by atoms with van der Waals surface area (Å²) in [5.74, 6) is 0.604. The Morgan fingerprint density at radius 2 is 1.56 bits per heavy atom. The minimum Gasteiger partial charge on any atom is -0.493 e. The van der Waals surface area contributed by atoms with Crippen molar-refractivity contribution in [2.24, 2.45) is 7.05 Å². The van der Waals surface area contributed by atoms with Gasteiger partial charge in [0.05, 0.1) is 19.8 Å². The molecule has 4 aromatic rings. The van der Waals surface area contributed by atoms with Gasteiger partial charge < -0.3 is 18.8 Å².